The van der Waals surface area contributed by atoms with Gasteiger partial charge in [0.1, 0.15) is 5.75 Å². The van der Waals surface area contributed by atoms with Crippen LogP contribution in [0.5, 0.6) is 5.75 Å². The van der Waals surface area contributed by atoms with E-state index < -0.39 is 5.41 Å². The first-order chi connectivity index (χ1) is 9.33. The van der Waals surface area contributed by atoms with Gasteiger partial charge in [-0.3, -0.25) is 9.59 Å². The van der Waals surface area contributed by atoms with Gasteiger partial charge in [0.2, 0.25) is 5.91 Å². The molecule has 1 aromatic carbocycles. The minimum absolute atomic E-state index is 0.0603. The molecule has 5 nitrogen and oxygen atoms in total. The van der Waals surface area contributed by atoms with Gasteiger partial charge in [-0.25, -0.2) is 0 Å². The SMILES string of the molecule is CC(C)(CCl)C(=O)Nc1cc2c(cc1Cl)NC(=O)CO2. The molecule has 20 heavy (non-hydrogen) atoms. The summed E-state index contributed by atoms with van der Waals surface area (Å²) >= 11 is 11.9. The van der Waals surface area contributed by atoms with Crippen LogP contribution < -0.4 is 15.4 Å². The Morgan fingerprint density at radius 3 is 2.85 bits per heavy atom. The van der Waals surface area contributed by atoms with Crippen molar-refractivity contribution in [1.29, 1.82) is 0 Å². The Morgan fingerprint density at radius 1 is 1.50 bits per heavy atom. The quantitative estimate of drug-likeness (QED) is 0.842. The second-order valence-corrected chi connectivity index (χ2v) is 5.81. The Hall–Kier alpha value is -1.46. The average Bonchev–Trinajstić information content (AvgIpc) is 2.39. The first kappa shape index (κ1) is 14.9. The van der Waals surface area contributed by atoms with Crippen molar-refractivity contribution in [2.45, 2.75) is 13.8 Å². The maximum atomic E-state index is 12.1. The molecule has 2 N–H and O–H groups in total. The molecule has 0 atom stereocenters. The Balaban J connectivity index is 2.26. The molecule has 1 aromatic rings. The number of anilines is 2. The zero-order chi connectivity index (χ0) is 14.9. The van der Waals surface area contributed by atoms with Crippen molar-refractivity contribution < 1.29 is 14.3 Å². The van der Waals surface area contributed by atoms with Crippen LogP contribution in [0.25, 0.3) is 0 Å². The van der Waals surface area contributed by atoms with Gasteiger partial charge in [0.05, 0.1) is 21.8 Å². The second kappa shape index (κ2) is 5.50. The molecule has 0 radical (unpaired) electrons. The highest BCUT2D eigenvalue weighted by Crippen LogP contribution is 2.37. The largest absolute Gasteiger partial charge is 0.482 e. The molecule has 0 saturated carbocycles. The van der Waals surface area contributed by atoms with Crippen molar-refractivity contribution >= 4 is 46.4 Å². The third-order valence-electron chi connectivity index (χ3n) is 2.90. The van der Waals surface area contributed by atoms with Crippen molar-refractivity contribution in [3.8, 4) is 5.75 Å². The number of nitrogens with one attached hydrogen (secondary N) is 2. The maximum Gasteiger partial charge on any atom is 0.262 e. The van der Waals surface area contributed by atoms with Crippen molar-refractivity contribution in [3.05, 3.63) is 17.2 Å². The Labute approximate surface area is 126 Å². The van der Waals surface area contributed by atoms with Gasteiger partial charge in [-0.05, 0) is 19.9 Å². The molecule has 0 unspecified atom stereocenters. The molecule has 0 aromatic heterocycles. The van der Waals surface area contributed by atoms with Gasteiger partial charge in [0.15, 0.2) is 6.61 Å². The van der Waals surface area contributed by atoms with Crippen molar-refractivity contribution in [2.24, 2.45) is 5.41 Å². The zero-order valence-electron chi connectivity index (χ0n) is 11.0. The molecular weight excluding hydrogens is 303 g/mol. The Bertz CT molecular complexity index is 573. The fourth-order valence-corrected chi connectivity index (χ4v) is 1.88. The highest BCUT2D eigenvalue weighted by atomic mass is 35.5. The minimum atomic E-state index is -0.712. The monoisotopic (exact) mass is 316 g/mol. The van der Waals surface area contributed by atoms with E-state index in [-0.39, 0.29) is 24.3 Å². The number of ether oxygens (including phenoxy) is 1. The van der Waals surface area contributed by atoms with Crippen LogP contribution in [-0.4, -0.2) is 24.3 Å². The van der Waals surface area contributed by atoms with E-state index in [0.29, 0.717) is 22.1 Å². The molecule has 2 amide bonds. The summed E-state index contributed by atoms with van der Waals surface area (Å²) in [7, 11) is 0. The van der Waals surface area contributed by atoms with Crippen LogP contribution >= 0.6 is 23.2 Å². The number of benzene rings is 1. The third-order valence-corrected chi connectivity index (χ3v) is 3.88. The summed E-state index contributed by atoms with van der Waals surface area (Å²) in [4.78, 5) is 23.3. The molecule has 0 bridgehead atoms. The summed E-state index contributed by atoms with van der Waals surface area (Å²) in [5.74, 6) is 0.171. The number of halogens is 2. The van der Waals surface area contributed by atoms with Crippen LogP contribution in [0.3, 0.4) is 0 Å². The fourth-order valence-electron chi connectivity index (χ4n) is 1.55. The normalized spacial score (nSPS) is 14.1. The molecule has 0 fully saturated rings. The molecular formula is C13H14Cl2N2O3. The molecule has 0 spiro atoms. The Kier molecular flexibility index (Phi) is 4.11. The third kappa shape index (κ3) is 2.99. The summed E-state index contributed by atoms with van der Waals surface area (Å²) in [6, 6.07) is 3.12. The number of carbonyl (C=O) groups is 2. The van der Waals surface area contributed by atoms with Gasteiger partial charge in [-0.15, -0.1) is 11.6 Å². The van der Waals surface area contributed by atoms with E-state index in [0.717, 1.165) is 0 Å². The maximum absolute atomic E-state index is 12.1. The van der Waals surface area contributed by atoms with Crippen LogP contribution in [0.4, 0.5) is 11.4 Å². The van der Waals surface area contributed by atoms with E-state index in [1.807, 2.05) is 0 Å². The zero-order valence-corrected chi connectivity index (χ0v) is 12.6. The summed E-state index contributed by atoms with van der Waals surface area (Å²) in [5.41, 5.74) is 0.196. The van der Waals surface area contributed by atoms with Gasteiger partial charge >= 0.3 is 0 Å². The van der Waals surface area contributed by atoms with E-state index in [1.54, 1.807) is 19.9 Å². The molecule has 0 saturated heterocycles. The second-order valence-electron chi connectivity index (χ2n) is 5.14. The van der Waals surface area contributed by atoms with E-state index in [4.69, 9.17) is 27.9 Å². The number of carbonyl (C=O) groups excluding carboxylic acids is 2. The minimum Gasteiger partial charge on any atom is -0.482 e. The molecule has 108 valence electrons. The number of fused-ring (bicyclic) bond motifs is 1. The summed E-state index contributed by atoms with van der Waals surface area (Å²) in [6.45, 7) is 3.41. The highest BCUT2D eigenvalue weighted by Gasteiger charge is 2.28. The lowest BCUT2D eigenvalue weighted by molar-refractivity contribution is -0.123. The van der Waals surface area contributed by atoms with Crippen LogP contribution in [0, 0.1) is 5.41 Å². The number of alkyl halides is 1. The van der Waals surface area contributed by atoms with Crippen LogP contribution in [0.2, 0.25) is 5.02 Å². The van der Waals surface area contributed by atoms with Crippen molar-refractivity contribution in [1.82, 2.24) is 0 Å². The molecule has 0 aliphatic carbocycles. The average molecular weight is 317 g/mol. The topological polar surface area (TPSA) is 67.4 Å². The standard InChI is InChI=1S/C13H14Cl2N2O3/c1-13(2,6-14)12(19)17-8-4-10-9(3-7(8)15)16-11(18)5-20-10/h3-4H,5-6H2,1-2H3,(H,16,18)(H,17,19). The summed E-state index contributed by atoms with van der Waals surface area (Å²) in [5, 5.41) is 5.67. The lowest BCUT2D eigenvalue weighted by atomic mass is 9.95. The first-order valence-electron chi connectivity index (χ1n) is 5.97. The molecule has 7 heteroatoms. The predicted octanol–water partition coefficient (Wildman–Crippen LogP) is 2.87. The van der Waals surface area contributed by atoms with E-state index in [2.05, 4.69) is 10.6 Å². The molecule has 2 rings (SSSR count). The molecule has 1 aliphatic heterocycles. The number of rotatable bonds is 3. The summed E-state index contributed by atoms with van der Waals surface area (Å²) in [6.07, 6.45) is 0. The summed E-state index contributed by atoms with van der Waals surface area (Å²) < 4.78 is 5.28. The lowest BCUT2D eigenvalue weighted by Crippen LogP contribution is -2.32. The molecule has 1 heterocycles. The van der Waals surface area contributed by atoms with Gasteiger partial charge in [0, 0.05) is 11.9 Å². The van der Waals surface area contributed by atoms with Gasteiger partial charge in [-0.1, -0.05) is 11.6 Å². The van der Waals surface area contributed by atoms with Gasteiger partial charge in [0.25, 0.3) is 5.91 Å². The first-order valence-corrected chi connectivity index (χ1v) is 6.88. The smallest absolute Gasteiger partial charge is 0.262 e. The van der Waals surface area contributed by atoms with Crippen LogP contribution in [0.1, 0.15) is 13.8 Å². The lowest BCUT2D eigenvalue weighted by Gasteiger charge is -2.23. The van der Waals surface area contributed by atoms with Crippen LogP contribution in [0.15, 0.2) is 12.1 Å². The highest BCUT2D eigenvalue weighted by molar-refractivity contribution is 6.34. The number of hydrogen-bond donors (Lipinski definition) is 2. The van der Waals surface area contributed by atoms with Crippen molar-refractivity contribution in [3.63, 3.8) is 0 Å². The number of hydrogen-bond acceptors (Lipinski definition) is 3. The van der Waals surface area contributed by atoms with Crippen molar-refractivity contribution in [2.75, 3.05) is 23.1 Å². The van der Waals surface area contributed by atoms with Gasteiger partial charge in [-0.2, -0.15) is 0 Å². The number of amides is 2. The van der Waals surface area contributed by atoms with E-state index in [1.165, 1.54) is 6.07 Å². The van der Waals surface area contributed by atoms with E-state index >= 15 is 0 Å². The Morgan fingerprint density at radius 2 is 2.20 bits per heavy atom. The molecule has 1 aliphatic rings. The van der Waals surface area contributed by atoms with Crippen LogP contribution in [-0.2, 0) is 9.59 Å². The predicted molar refractivity (Wildman–Crippen MR) is 78.7 cm³/mol. The fraction of sp³-hybridized carbons (Fsp3) is 0.385. The van der Waals surface area contributed by atoms with Gasteiger partial charge < -0.3 is 15.4 Å². The van der Waals surface area contributed by atoms with E-state index in [9.17, 15) is 9.59 Å².